The second-order valence-electron chi connectivity index (χ2n) is 21.4. The van der Waals surface area contributed by atoms with Crippen LogP contribution >= 0.6 is 0 Å². The molecule has 1 heterocycles. The molecule has 75 heavy (non-hydrogen) atoms. The molecule has 8 atom stereocenters. The van der Waals surface area contributed by atoms with Gasteiger partial charge in [0.15, 0.2) is 12.4 Å². The standard InChI is InChI=1S/C64H115NO10/c1-4-7-10-13-16-19-22-25-27-28-29-30-31-32-33-36-39-42-45-48-51-57(68)63(72)65-55(56(67)50-47-44-41-38-35-24-21-18-15-12-9-6-3)54-73-64-62(61(71)60(70)58(53-66)74-64)75-59(69)52-49-46-43-40-37-34-26-23-20-17-14-11-8-5-2/h8,11,17,20,25-27,34,47,50,55-58,60-62,64,66-68,70-71H,4-7,9-10,12-16,18-19,21-24,28-33,35-46,48-49,51-54H2,1-3H3,(H,65,72)/b11-8+,20-17+,27-25+,34-26+,50-47+. The maximum absolute atomic E-state index is 13.4. The molecule has 1 saturated heterocycles. The number of ether oxygens (including phenoxy) is 3. The van der Waals surface area contributed by atoms with Crippen LogP contribution in [0.2, 0.25) is 0 Å². The number of carbonyl (C=O) groups is 2. The Morgan fingerprint density at radius 1 is 0.533 bits per heavy atom. The average Bonchev–Trinajstić information content (AvgIpc) is 3.41. The van der Waals surface area contributed by atoms with Gasteiger partial charge in [0.2, 0.25) is 5.91 Å². The van der Waals surface area contributed by atoms with Crippen LogP contribution in [0.25, 0.3) is 0 Å². The highest BCUT2D eigenvalue weighted by atomic mass is 16.7. The summed E-state index contributed by atoms with van der Waals surface area (Å²) in [6.45, 7) is 5.66. The lowest BCUT2D eigenvalue weighted by Gasteiger charge is -2.41. The van der Waals surface area contributed by atoms with E-state index in [0.29, 0.717) is 12.8 Å². The monoisotopic (exact) mass is 1060 g/mol. The number of carbonyl (C=O) groups excluding carboxylic acids is 2. The predicted octanol–water partition coefficient (Wildman–Crippen LogP) is 14.6. The van der Waals surface area contributed by atoms with Crippen LogP contribution in [0.4, 0.5) is 0 Å². The van der Waals surface area contributed by atoms with E-state index >= 15 is 0 Å². The highest BCUT2D eigenvalue weighted by Gasteiger charge is 2.47. The lowest BCUT2D eigenvalue weighted by Crippen LogP contribution is -2.61. The minimum atomic E-state index is -1.62. The minimum Gasteiger partial charge on any atom is -0.454 e. The Hall–Kier alpha value is -2.64. The van der Waals surface area contributed by atoms with Crippen molar-refractivity contribution in [1.82, 2.24) is 5.32 Å². The van der Waals surface area contributed by atoms with E-state index in [0.717, 1.165) is 83.5 Å². The first-order valence-corrected chi connectivity index (χ1v) is 31.1. The number of allylic oxidation sites excluding steroid dienone is 9. The van der Waals surface area contributed by atoms with Crippen molar-refractivity contribution >= 4 is 11.9 Å². The molecule has 0 spiro atoms. The fourth-order valence-corrected chi connectivity index (χ4v) is 9.48. The van der Waals surface area contributed by atoms with E-state index in [2.05, 4.69) is 74.7 Å². The van der Waals surface area contributed by atoms with Gasteiger partial charge in [0.1, 0.15) is 24.4 Å². The molecule has 0 aliphatic carbocycles. The summed E-state index contributed by atoms with van der Waals surface area (Å²) < 4.78 is 17.6. The lowest BCUT2D eigenvalue weighted by molar-refractivity contribution is -0.305. The van der Waals surface area contributed by atoms with E-state index in [9.17, 15) is 35.1 Å². The molecule has 1 aliphatic rings. The SMILES string of the molecule is CC/C=C/C/C=C/C/C=C/CCCCCCC(=O)OC1C(OCC(NC(=O)C(O)CCCCCCCCCCCC/C=C/CCCCCCCC)C(O)/C=C/CCCCCCCCCCCC)OC(CO)C(O)C1O. The summed E-state index contributed by atoms with van der Waals surface area (Å²) in [6.07, 6.45) is 54.1. The highest BCUT2D eigenvalue weighted by molar-refractivity contribution is 5.80. The second kappa shape index (κ2) is 52.1. The summed E-state index contributed by atoms with van der Waals surface area (Å²) in [6, 6.07) is -1.03. The van der Waals surface area contributed by atoms with Crippen LogP contribution in [-0.4, -0.2) is 99.6 Å². The third-order valence-electron chi connectivity index (χ3n) is 14.4. The molecule has 0 bridgehead atoms. The summed E-state index contributed by atoms with van der Waals surface area (Å²) in [7, 11) is 0. The zero-order valence-electron chi connectivity index (χ0n) is 48.2. The first-order valence-electron chi connectivity index (χ1n) is 31.1. The van der Waals surface area contributed by atoms with Crippen molar-refractivity contribution in [2.75, 3.05) is 13.2 Å². The minimum absolute atomic E-state index is 0.0968. The van der Waals surface area contributed by atoms with Gasteiger partial charge in [-0.25, -0.2) is 0 Å². The Kier molecular flexibility index (Phi) is 48.9. The first-order chi connectivity index (χ1) is 36.7. The van der Waals surface area contributed by atoms with Crippen LogP contribution in [0, 0.1) is 0 Å². The number of rotatable bonds is 52. The van der Waals surface area contributed by atoms with E-state index < -0.39 is 67.4 Å². The highest BCUT2D eigenvalue weighted by Crippen LogP contribution is 2.26. The van der Waals surface area contributed by atoms with Crippen LogP contribution in [0.3, 0.4) is 0 Å². The van der Waals surface area contributed by atoms with Crippen LogP contribution in [0.15, 0.2) is 60.8 Å². The molecular weight excluding hydrogens is 943 g/mol. The Morgan fingerprint density at radius 2 is 0.960 bits per heavy atom. The summed E-state index contributed by atoms with van der Waals surface area (Å²) in [4.78, 5) is 26.5. The van der Waals surface area contributed by atoms with Crippen molar-refractivity contribution in [3.63, 3.8) is 0 Å². The van der Waals surface area contributed by atoms with Gasteiger partial charge >= 0.3 is 5.97 Å². The van der Waals surface area contributed by atoms with Crippen LogP contribution in [-0.2, 0) is 23.8 Å². The van der Waals surface area contributed by atoms with E-state index in [1.54, 1.807) is 6.08 Å². The zero-order valence-corrected chi connectivity index (χ0v) is 48.2. The molecular formula is C64H115NO10. The predicted molar refractivity (Wildman–Crippen MR) is 310 cm³/mol. The molecule has 436 valence electrons. The number of nitrogens with one attached hydrogen (secondary N) is 1. The van der Waals surface area contributed by atoms with Gasteiger partial charge in [-0.05, 0) is 83.5 Å². The van der Waals surface area contributed by atoms with Gasteiger partial charge in [0.05, 0.1) is 25.4 Å². The van der Waals surface area contributed by atoms with Gasteiger partial charge in [0.25, 0.3) is 0 Å². The number of amides is 1. The Labute approximate surface area is 458 Å². The number of aliphatic hydroxyl groups excluding tert-OH is 5. The normalized spacial score (nSPS) is 19.6. The quantitative estimate of drug-likeness (QED) is 0.0195. The number of esters is 1. The third-order valence-corrected chi connectivity index (χ3v) is 14.4. The Bertz CT molecular complexity index is 1450. The van der Waals surface area contributed by atoms with Gasteiger partial charge in [-0.1, -0.05) is 242 Å². The number of unbranched alkanes of at least 4 members (excludes halogenated alkanes) is 30. The van der Waals surface area contributed by atoms with Crippen LogP contribution in [0.5, 0.6) is 0 Å². The summed E-state index contributed by atoms with van der Waals surface area (Å²) >= 11 is 0. The number of hydrogen-bond acceptors (Lipinski definition) is 10. The molecule has 6 N–H and O–H groups in total. The van der Waals surface area contributed by atoms with Crippen molar-refractivity contribution in [3.8, 4) is 0 Å². The summed E-state index contributed by atoms with van der Waals surface area (Å²) in [5.41, 5.74) is 0. The molecule has 1 aliphatic heterocycles. The number of aliphatic hydroxyl groups is 5. The van der Waals surface area contributed by atoms with Crippen molar-refractivity contribution in [2.24, 2.45) is 0 Å². The second-order valence-corrected chi connectivity index (χ2v) is 21.4. The van der Waals surface area contributed by atoms with E-state index in [4.69, 9.17) is 14.2 Å². The van der Waals surface area contributed by atoms with Gasteiger partial charge in [0, 0.05) is 6.42 Å². The largest absolute Gasteiger partial charge is 0.454 e. The molecule has 1 amide bonds. The van der Waals surface area contributed by atoms with E-state index in [-0.39, 0.29) is 19.4 Å². The van der Waals surface area contributed by atoms with E-state index in [1.165, 1.54) is 141 Å². The number of hydrogen-bond donors (Lipinski definition) is 6. The van der Waals surface area contributed by atoms with Gasteiger partial charge in [-0.3, -0.25) is 9.59 Å². The fraction of sp³-hybridized carbons (Fsp3) is 0.812. The Morgan fingerprint density at radius 3 is 1.45 bits per heavy atom. The van der Waals surface area contributed by atoms with Crippen molar-refractivity contribution in [3.05, 3.63) is 60.8 Å². The maximum atomic E-state index is 13.4. The lowest BCUT2D eigenvalue weighted by atomic mass is 9.99. The molecule has 11 nitrogen and oxygen atoms in total. The van der Waals surface area contributed by atoms with Crippen LogP contribution < -0.4 is 5.32 Å². The smallest absolute Gasteiger partial charge is 0.306 e. The first kappa shape index (κ1) is 70.4. The maximum Gasteiger partial charge on any atom is 0.306 e. The van der Waals surface area contributed by atoms with Crippen molar-refractivity contribution in [1.29, 1.82) is 0 Å². The average molecular weight is 1060 g/mol. The molecule has 1 rings (SSSR count). The van der Waals surface area contributed by atoms with Gasteiger partial charge in [-0.2, -0.15) is 0 Å². The molecule has 0 saturated carbocycles. The Balaban J connectivity index is 2.67. The van der Waals surface area contributed by atoms with E-state index in [1.807, 2.05) is 6.08 Å². The molecule has 0 aromatic carbocycles. The summed E-state index contributed by atoms with van der Waals surface area (Å²) in [5.74, 6) is -1.22. The molecule has 8 unspecified atom stereocenters. The summed E-state index contributed by atoms with van der Waals surface area (Å²) in [5, 5.41) is 56.9. The van der Waals surface area contributed by atoms with Gasteiger partial charge < -0.3 is 45.1 Å². The third kappa shape index (κ3) is 40.2. The molecule has 11 heteroatoms. The zero-order chi connectivity index (χ0) is 54.7. The van der Waals surface area contributed by atoms with Crippen molar-refractivity contribution in [2.45, 2.75) is 320 Å². The molecule has 0 radical (unpaired) electrons. The topological polar surface area (TPSA) is 175 Å². The molecule has 0 aromatic rings. The van der Waals surface area contributed by atoms with Gasteiger partial charge in [-0.15, -0.1) is 0 Å². The molecule has 0 aromatic heterocycles. The van der Waals surface area contributed by atoms with Crippen LogP contribution in [0.1, 0.15) is 271 Å². The molecule has 1 fully saturated rings. The van der Waals surface area contributed by atoms with Crippen molar-refractivity contribution < 1.29 is 49.3 Å². The fourth-order valence-electron chi connectivity index (χ4n) is 9.48.